The molecule has 0 fully saturated rings. The summed E-state index contributed by atoms with van der Waals surface area (Å²) in [6.45, 7) is 1.98. The third-order valence-corrected chi connectivity index (χ3v) is 2.29. The Balaban J connectivity index is 2.50. The van der Waals surface area contributed by atoms with E-state index < -0.39 is 5.78 Å². The first-order valence-electron chi connectivity index (χ1n) is 4.50. The number of hydrogen-bond donors (Lipinski definition) is 0. The summed E-state index contributed by atoms with van der Waals surface area (Å²) in [6, 6.07) is 6.84. The van der Waals surface area contributed by atoms with Crippen LogP contribution >= 0.6 is 0 Å². The Kier molecular flexibility index (Phi) is 2.08. The molecule has 1 aromatic carbocycles. The first kappa shape index (κ1) is 8.94. The van der Waals surface area contributed by atoms with Crippen molar-refractivity contribution in [2.24, 2.45) is 5.92 Å². The molecule has 0 amide bonds. The number of Topliss-reactive ketones (excluding diaryl/α,β-unsaturated/α-hetero) is 2. The number of hydrogen-bond acceptors (Lipinski definition) is 3. The molecule has 0 radical (unpaired) electrons. The maximum atomic E-state index is 11.6. The number of carbonyl (C=O) groups excluding carboxylic acids is 2. The fourth-order valence-electron chi connectivity index (χ4n) is 1.43. The largest absolute Gasteiger partial charge is 0.492 e. The quantitative estimate of drug-likeness (QED) is 0.582. The highest BCUT2D eigenvalue weighted by Gasteiger charge is 2.28. The fourth-order valence-corrected chi connectivity index (χ4v) is 1.43. The first-order valence-corrected chi connectivity index (χ1v) is 4.50. The van der Waals surface area contributed by atoms with Gasteiger partial charge in [0.1, 0.15) is 5.75 Å². The topological polar surface area (TPSA) is 43.4 Å². The van der Waals surface area contributed by atoms with E-state index in [0.29, 0.717) is 11.3 Å². The van der Waals surface area contributed by atoms with Crippen molar-refractivity contribution in [3.05, 3.63) is 29.8 Å². The molecule has 0 aromatic heterocycles. The summed E-state index contributed by atoms with van der Waals surface area (Å²) in [7, 11) is 0. The molecule has 3 nitrogen and oxygen atoms in total. The van der Waals surface area contributed by atoms with Crippen molar-refractivity contribution >= 4 is 11.6 Å². The van der Waals surface area contributed by atoms with Gasteiger partial charge >= 0.3 is 0 Å². The van der Waals surface area contributed by atoms with Gasteiger partial charge in [0, 0.05) is 0 Å². The van der Waals surface area contributed by atoms with Gasteiger partial charge in [-0.2, -0.15) is 0 Å². The summed E-state index contributed by atoms with van der Waals surface area (Å²) in [6.07, 6.45) is 0. The zero-order valence-corrected chi connectivity index (χ0v) is 7.82. The van der Waals surface area contributed by atoms with E-state index >= 15 is 0 Å². The standard InChI is InChI=1S/C11H10O3/c1-7-6-14-9-5-3-2-4-8(9)11(13)10(7)12/h2-5,7H,6H2,1H3. The lowest BCUT2D eigenvalue weighted by atomic mass is 10.00. The van der Waals surface area contributed by atoms with Gasteiger partial charge in [-0.3, -0.25) is 9.59 Å². The number of benzene rings is 1. The van der Waals surface area contributed by atoms with E-state index in [9.17, 15) is 9.59 Å². The SMILES string of the molecule is CC1COc2ccccc2C(=O)C1=O. The lowest BCUT2D eigenvalue weighted by Gasteiger charge is -2.05. The van der Waals surface area contributed by atoms with Crippen LogP contribution in [0, 0.1) is 5.92 Å². The van der Waals surface area contributed by atoms with Crippen molar-refractivity contribution in [3.8, 4) is 5.75 Å². The van der Waals surface area contributed by atoms with Crippen LogP contribution in [0.2, 0.25) is 0 Å². The van der Waals surface area contributed by atoms with E-state index in [-0.39, 0.29) is 18.3 Å². The number of fused-ring (bicyclic) bond motifs is 1. The molecule has 2 rings (SSSR count). The molecule has 0 spiro atoms. The Hall–Kier alpha value is -1.64. The predicted octanol–water partition coefficient (Wildman–Crippen LogP) is 1.47. The average Bonchev–Trinajstić information content (AvgIpc) is 2.32. The average molecular weight is 190 g/mol. The van der Waals surface area contributed by atoms with Crippen LogP contribution in [0.15, 0.2) is 24.3 Å². The van der Waals surface area contributed by atoms with Gasteiger partial charge in [0.25, 0.3) is 0 Å². The molecule has 1 aromatic rings. The number of para-hydroxylation sites is 1. The van der Waals surface area contributed by atoms with Crippen LogP contribution in [0.1, 0.15) is 17.3 Å². The monoisotopic (exact) mass is 190 g/mol. The Morgan fingerprint density at radius 2 is 2.00 bits per heavy atom. The molecule has 3 heteroatoms. The maximum absolute atomic E-state index is 11.6. The summed E-state index contributed by atoms with van der Waals surface area (Å²) in [5, 5.41) is 0. The smallest absolute Gasteiger partial charge is 0.232 e. The second-order valence-electron chi connectivity index (χ2n) is 3.40. The van der Waals surface area contributed by atoms with E-state index in [4.69, 9.17) is 4.74 Å². The summed E-state index contributed by atoms with van der Waals surface area (Å²) in [4.78, 5) is 23.1. The van der Waals surface area contributed by atoms with Crippen molar-refractivity contribution in [2.45, 2.75) is 6.92 Å². The third kappa shape index (κ3) is 1.31. The predicted molar refractivity (Wildman–Crippen MR) is 50.4 cm³/mol. The first-order chi connectivity index (χ1) is 6.70. The lowest BCUT2D eigenvalue weighted by Crippen LogP contribution is -2.22. The maximum Gasteiger partial charge on any atom is 0.232 e. The van der Waals surface area contributed by atoms with Gasteiger partial charge in [-0.25, -0.2) is 0 Å². The van der Waals surface area contributed by atoms with Gasteiger partial charge in [-0.15, -0.1) is 0 Å². The highest BCUT2D eigenvalue weighted by molar-refractivity contribution is 6.45. The van der Waals surface area contributed by atoms with Crippen LogP contribution in [0.25, 0.3) is 0 Å². The second-order valence-corrected chi connectivity index (χ2v) is 3.40. The van der Waals surface area contributed by atoms with E-state index in [1.165, 1.54) is 0 Å². The van der Waals surface area contributed by atoms with Gasteiger partial charge in [0.05, 0.1) is 18.1 Å². The summed E-state index contributed by atoms with van der Waals surface area (Å²) < 4.78 is 5.36. The molecular weight excluding hydrogens is 180 g/mol. The fraction of sp³-hybridized carbons (Fsp3) is 0.273. The highest BCUT2D eigenvalue weighted by atomic mass is 16.5. The molecule has 1 aliphatic rings. The van der Waals surface area contributed by atoms with Crippen LogP contribution in [0.4, 0.5) is 0 Å². The summed E-state index contributed by atoms with van der Waals surface area (Å²) >= 11 is 0. The normalized spacial score (nSPS) is 21.1. The number of rotatable bonds is 0. The number of ether oxygens (including phenoxy) is 1. The molecule has 1 heterocycles. The summed E-state index contributed by atoms with van der Waals surface area (Å²) in [5.74, 6) is -0.648. The zero-order valence-electron chi connectivity index (χ0n) is 7.82. The molecule has 14 heavy (non-hydrogen) atoms. The molecule has 72 valence electrons. The molecule has 0 aliphatic carbocycles. The van der Waals surface area contributed by atoms with Crippen LogP contribution in [-0.2, 0) is 4.79 Å². The minimum Gasteiger partial charge on any atom is -0.492 e. The molecular formula is C11H10O3. The number of ketones is 2. The Morgan fingerprint density at radius 3 is 2.79 bits per heavy atom. The number of carbonyl (C=O) groups is 2. The Labute approximate surface area is 81.7 Å². The molecule has 0 saturated carbocycles. The lowest BCUT2D eigenvalue weighted by molar-refractivity contribution is -0.118. The van der Waals surface area contributed by atoms with Crippen LogP contribution in [0.3, 0.4) is 0 Å². The van der Waals surface area contributed by atoms with Crippen LogP contribution in [-0.4, -0.2) is 18.2 Å². The van der Waals surface area contributed by atoms with Crippen molar-refractivity contribution in [3.63, 3.8) is 0 Å². The third-order valence-electron chi connectivity index (χ3n) is 2.29. The zero-order chi connectivity index (χ0) is 10.1. The van der Waals surface area contributed by atoms with E-state index in [1.54, 1.807) is 31.2 Å². The van der Waals surface area contributed by atoms with Gasteiger partial charge in [0.15, 0.2) is 0 Å². The molecule has 1 atom stereocenters. The van der Waals surface area contributed by atoms with E-state index in [0.717, 1.165) is 0 Å². The molecule has 1 unspecified atom stereocenters. The minimum atomic E-state index is -0.439. The van der Waals surface area contributed by atoms with Gasteiger partial charge in [-0.05, 0) is 12.1 Å². The second kappa shape index (κ2) is 3.25. The van der Waals surface area contributed by atoms with Crippen LogP contribution < -0.4 is 4.74 Å². The molecule has 0 bridgehead atoms. The Morgan fingerprint density at radius 1 is 1.29 bits per heavy atom. The molecule has 0 N–H and O–H groups in total. The molecule has 0 saturated heterocycles. The van der Waals surface area contributed by atoms with E-state index in [1.807, 2.05) is 0 Å². The van der Waals surface area contributed by atoms with Crippen molar-refractivity contribution in [2.75, 3.05) is 6.61 Å². The van der Waals surface area contributed by atoms with Gasteiger partial charge < -0.3 is 4.74 Å². The van der Waals surface area contributed by atoms with Gasteiger partial charge in [0.2, 0.25) is 11.6 Å². The summed E-state index contributed by atoms with van der Waals surface area (Å²) in [5.41, 5.74) is 0.377. The molecule has 1 aliphatic heterocycles. The van der Waals surface area contributed by atoms with E-state index in [2.05, 4.69) is 0 Å². The van der Waals surface area contributed by atoms with Crippen molar-refractivity contribution < 1.29 is 14.3 Å². The van der Waals surface area contributed by atoms with Crippen molar-refractivity contribution in [1.82, 2.24) is 0 Å². The highest BCUT2D eigenvalue weighted by Crippen LogP contribution is 2.23. The van der Waals surface area contributed by atoms with Gasteiger partial charge in [-0.1, -0.05) is 19.1 Å². The minimum absolute atomic E-state index is 0.279. The Bertz CT molecular complexity index is 395. The van der Waals surface area contributed by atoms with Crippen molar-refractivity contribution in [1.29, 1.82) is 0 Å². The van der Waals surface area contributed by atoms with Crippen LogP contribution in [0.5, 0.6) is 5.75 Å².